The number of aliphatic hydroxyl groups excluding tert-OH is 1. The molecule has 0 saturated heterocycles. The van der Waals surface area contributed by atoms with E-state index in [0.717, 1.165) is 11.3 Å². The molecule has 0 aliphatic carbocycles. The lowest BCUT2D eigenvalue weighted by atomic mass is 10.1. The molecule has 1 rings (SSSR count). The quantitative estimate of drug-likeness (QED) is 0.773. The van der Waals surface area contributed by atoms with E-state index in [1.54, 1.807) is 0 Å². The van der Waals surface area contributed by atoms with Crippen LogP contribution < -0.4 is 4.74 Å². The van der Waals surface area contributed by atoms with Crippen LogP contribution in [0.1, 0.15) is 26.3 Å². The Hall–Kier alpha value is -1.06. The Kier molecular flexibility index (Phi) is 5.45. The van der Waals surface area contributed by atoms with E-state index in [2.05, 4.69) is 0 Å². The second kappa shape index (κ2) is 6.62. The average Bonchev–Trinajstić information content (AvgIpc) is 2.25. The molecule has 0 saturated carbocycles. The summed E-state index contributed by atoms with van der Waals surface area (Å²) in [4.78, 5) is 0. The maximum Gasteiger partial charge on any atom is 0.122 e. The number of aliphatic hydroxyl groups is 1. The molecule has 3 heteroatoms. The Balaban J connectivity index is 2.41. The van der Waals surface area contributed by atoms with E-state index in [-0.39, 0.29) is 12.2 Å². The SMILES string of the molecule is CC(C)(C)OCCOc1ccccc1CCO. The summed E-state index contributed by atoms with van der Waals surface area (Å²) in [6, 6.07) is 7.77. The summed E-state index contributed by atoms with van der Waals surface area (Å²) >= 11 is 0. The average molecular weight is 238 g/mol. The molecule has 0 heterocycles. The summed E-state index contributed by atoms with van der Waals surface area (Å²) in [6.07, 6.45) is 0.621. The summed E-state index contributed by atoms with van der Waals surface area (Å²) in [7, 11) is 0. The number of hydrogen-bond acceptors (Lipinski definition) is 3. The van der Waals surface area contributed by atoms with E-state index in [4.69, 9.17) is 14.6 Å². The van der Waals surface area contributed by atoms with Crippen LogP contribution >= 0.6 is 0 Å². The largest absolute Gasteiger partial charge is 0.491 e. The number of hydrogen-bond donors (Lipinski definition) is 1. The number of benzene rings is 1. The molecule has 1 aromatic carbocycles. The van der Waals surface area contributed by atoms with Crippen LogP contribution in [0.25, 0.3) is 0 Å². The van der Waals surface area contributed by atoms with Gasteiger partial charge < -0.3 is 14.6 Å². The first kappa shape index (κ1) is 14.0. The van der Waals surface area contributed by atoms with E-state index in [1.807, 2.05) is 45.0 Å². The molecule has 17 heavy (non-hydrogen) atoms. The molecule has 0 aliphatic heterocycles. The molecule has 3 nitrogen and oxygen atoms in total. The van der Waals surface area contributed by atoms with Gasteiger partial charge in [-0.2, -0.15) is 0 Å². The first-order chi connectivity index (χ1) is 8.03. The highest BCUT2D eigenvalue weighted by molar-refractivity contribution is 5.33. The molecule has 0 spiro atoms. The molecule has 0 aromatic heterocycles. The topological polar surface area (TPSA) is 38.7 Å². The first-order valence-electron chi connectivity index (χ1n) is 5.98. The van der Waals surface area contributed by atoms with Crippen LogP contribution in [0.5, 0.6) is 5.75 Å². The highest BCUT2D eigenvalue weighted by Crippen LogP contribution is 2.18. The van der Waals surface area contributed by atoms with Crippen LogP contribution in [0.3, 0.4) is 0 Å². The Labute approximate surface area is 103 Å². The summed E-state index contributed by atoms with van der Waals surface area (Å²) in [5.41, 5.74) is 0.902. The van der Waals surface area contributed by atoms with Crippen molar-refractivity contribution in [2.24, 2.45) is 0 Å². The lowest BCUT2D eigenvalue weighted by Gasteiger charge is -2.19. The smallest absolute Gasteiger partial charge is 0.122 e. The fourth-order valence-electron chi connectivity index (χ4n) is 1.47. The van der Waals surface area contributed by atoms with E-state index < -0.39 is 0 Å². The van der Waals surface area contributed by atoms with E-state index in [9.17, 15) is 0 Å². The van der Waals surface area contributed by atoms with Gasteiger partial charge in [0.15, 0.2) is 0 Å². The maximum absolute atomic E-state index is 8.94. The van der Waals surface area contributed by atoms with Crippen molar-refractivity contribution >= 4 is 0 Å². The van der Waals surface area contributed by atoms with E-state index in [0.29, 0.717) is 19.6 Å². The molecular weight excluding hydrogens is 216 g/mol. The van der Waals surface area contributed by atoms with Crippen molar-refractivity contribution in [1.29, 1.82) is 0 Å². The van der Waals surface area contributed by atoms with Crippen LogP contribution in [0.15, 0.2) is 24.3 Å². The highest BCUT2D eigenvalue weighted by Gasteiger charge is 2.09. The van der Waals surface area contributed by atoms with Crippen LogP contribution in [-0.2, 0) is 11.2 Å². The highest BCUT2D eigenvalue weighted by atomic mass is 16.5. The van der Waals surface area contributed by atoms with Gasteiger partial charge in [0, 0.05) is 6.61 Å². The zero-order valence-electron chi connectivity index (χ0n) is 10.9. The molecule has 0 fully saturated rings. The van der Waals surface area contributed by atoms with Gasteiger partial charge in [0.25, 0.3) is 0 Å². The Bertz CT molecular complexity index is 328. The standard InChI is InChI=1S/C14H22O3/c1-14(2,3)17-11-10-16-13-7-5-4-6-12(13)8-9-15/h4-7,15H,8-11H2,1-3H3. The zero-order valence-corrected chi connectivity index (χ0v) is 10.9. The van der Waals surface area contributed by atoms with Gasteiger partial charge in [-0.15, -0.1) is 0 Å². The number of para-hydroxylation sites is 1. The Morgan fingerprint density at radius 2 is 1.82 bits per heavy atom. The molecule has 0 radical (unpaired) electrons. The lowest BCUT2D eigenvalue weighted by Crippen LogP contribution is -2.22. The van der Waals surface area contributed by atoms with Gasteiger partial charge in [-0.25, -0.2) is 0 Å². The van der Waals surface area contributed by atoms with Gasteiger partial charge in [0.2, 0.25) is 0 Å². The molecule has 0 bridgehead atoms. The minimum Gasteiger partial charge on any atom is -0.491 e. The molecule has 96 valence electrons. The van der Waals surface area contributed by atoms with Crippen molar-refractivity contribution in [2.45, 2.75) is 32.8 Å². The van der Waals surface area contributed by atoms with Gasteiger partial charge >= 0.3 is 0 Å². The molecule has 0 unspecified atom stereocenters. The third kappa shape index (κ3) is 5.71. The fraction of sp³-hybridized carbons (Fsp3) is 0.571. The number of rotatable bonds is 6. The van der Waals surface area contributed by atoms with Crippen LogP contribution in [0.2, 0.25) is 0 Å². The molecular formula is C14H22O3. The zero-order chi connectivity index (χ0) is 12.7. The third-order valence-electron chi connectivity index (χ3n) is 2.23. The summed E-state index contributed by atoms with van der Waals surface area (Å²) < 4.78 is 11.2. The van der Waals surface area contributed by atoms with Crippen LogP contribution in [0, 0.1) is 0 Å². The normalized spacial score (nSPS) is 11.5. The first-order valence-corrected chi connectivity index (χ1v) is 5.98. The third-order valence-corrected chi connectivity index (χ3v) is 2.23. The molecule has 1 N–H and O–H groups in total. The summed E-state index contributed by atoms with van der Waals surface area (Å²) in [5.74, 6) is 0.832. The van der Waals surface area contributed by atoms with Crippen LogP contribution in [0.4, 0.5) is 0 Å². The Morgan fingerprint density at radius 1 is 1.12 bits per heavy atom. The van der Waals surface area contributed by atoms with Gasteiger partial charge in [0.05, 0.1) is 12.2 Å². The van der Waals surface area contributed by atoms with Gasteiger partial charge in [-0.3, -0.25) is 0 Å². The van der Waals surface area contributed by atoms with Crippen molar-refractivity contribution in [2.75, 3.05) is 19.8 Å². The minimum atomic E-state index is -0.131. The van der Waals surface area contributed by atoms with Crippen molar-refractivity contribution in [3.63, 3.8) is 0 Å². The molecule has 0 amide bonds. The Morgan fingerprint density at radius 3 is 2.47 bits per heavy atom. The second-order valence-electron chi connectivity index (χ2n) is 4.89. The predicted octanol–water partition coefficient (Wildman–Crippen LogP) is 2.42. The predicted molar refractivity (Wildman–Crippen MR) is 68.4 cm³/mol. The maximum atomic E-state index is 8.94. The van der Waals surface area contributed by atoms with Gasteiger partial charge in [-0.1, -0.05) is 18.2 Å². The van der Waals surface area contributed by atoms with Crippen LogP contribution in [-0.4, -0.2) is 30.5 Å². The lowest BCUT2D eigenvalue weighted by molar-refractivity contribution is -0.0164. The van der Waals surface area contributed by atoms with Crippen molar-refractivity contribution in [3.8, 4) is 5.75 Å². The van der Waals surface area contributed by atoms with Gasteiger partial charge in [-0.05, 0) is 38.8 Å². The van der Waals surface area contributed by atoms with Crippen molar-refractivity contribution in [1.82, 2.24) is 0 Å². The van der Waals surface area contributed by atoms with E-state index >= 15 is 0 Å². The summed E-state index contributed by atoms with van der Waals surface area (Å²) in [6.45, 7) is 7.29. The monoisotopic (exact) mass is 238 g/mol. The van der Waals surface area contributed by atoms with Crippen molar-refractivity contribution < 1.29 is 14.6 Å². The molecule has 0 atom stereocenters. The molecule has 0 aliphatic rings. The van der Waals surface area contributed by atoms with E-state index in [1.165, 1.54) is 0 Å². The summed E-state index contributed by atoms with van der Waals surface area (Å²) in [5, 5.41) is 8.94. The molecule has 1 aromatic rings. The van der Waals surface area contributed by atoms with Crippen molar-refractivity contribution in [3.05, 3.63) is 29.8 Å². The minimum absolute atomic E-state index is 0.131. The number of ether oxygens (including phenoxy) is 2. The van der Waals surface area contributed by atoms with Gasteiger partial charge in [0.1, 0.15) is 12.4 Å². The fourth-order valence-corrected chi connectivity index (χ4v) is 1.47. The second-order valence-corrected chi connectivity index (χ2v) is 4.89.